The fourth-order valence-electron chi connectivity index (χ4n) is 8.81. The number of rotatable bonds is 31. The number of guanidine groups is 1. The number of phenols is 1. The van der Waals surface area contributed by atoms with E-state index < -0.39 is 127 Å². The van der Waals surface area contributed by atoms with Crippen molar-refractivity contribution in [1.82, 2.24) is 62.4 Å². The predicted molar refractivity (Wildman–Crippen MR) is 299 cm³/mol. The van der Waals surface area contributed by atoms with Gasteiger partial charge in [-0.25, -0.2) is 9.78 Å². The molecule has 19 N–H and O–H groups in total. The fourth-order valence-corrected chi connectivity index (χ4v) is 8.81. The van der Waals surface area contributed by atoms with Gasteiger partial charge in [-0.2, -0.15) is 13.2 Å². The molecule has 0 bridgehead atoms. The van der Waals surface area contributed by atoms with Gasteiger partial charge in [0.1, 0.15) is 48.0 Å². The van der Waals surface area contributed by atoms with Crippen molar-refractivity contribution >= 4 is 82.4 Å². The number of carbonyl (C=O) groups excluding carboxylic acids is 10. The number of H-pyrrole nitrogens is 2. The zero-order valence-corrected chi connectivity index (χ0v) is 46.8. The number of nitrogens with two attached hydrogens (primary N) is 3. The van der Waals surface area contributed by atoms with Crippen molar-refractivity contribution in [3.63, 3.8) is 0 Å². The van der Waals surface area contributed by atoms with E-state index in [1.165, 1.54) is 41.7 Å². The molecular formula is C53H71F3N16O14. The molecule has 33 heteroatoms. The highest BCUT2D eigenvalue weighted by Crippen LogP contribution is 2.22. The Morgan fingerprint density at radius 1 is 0.779 bits per heavy atom. The molecule has 86 heavy (non-hydrogen) atoms. The van der Waals surface area contributed by atoms with Crippen molar-refractivity contribution in [2.24, 2.45) is 28.1 Å². The number of carbonyl (C=O) groups is 11. The van der Waals surface area contributed by atoms with Gasteiger partial charge in [-0.1, -0.05) is 44.2 Å². The number of phenolic OH excluding ortho intramolecular Hbond substituents is 1. The third-order valence-electron chi connectivity index (χ3n) is 13.0. The average molecular weight is 1210 g/mol. The Hall–Kier alpha value is -9.82. The van der Waals surface area contributed by atoms with Crippen LogP contribution in [0.2, 0.25) is 0 Å². The van der Waals surface area contributed by atoms with E-state index in [-0.39, 0.29) is 75.7 Å². The lowest BCUT2D eigenvalue weighted by Gasteiger charge is -2.30. The highest BCUT2D eigenvalue weighted by atomic mass is 19.4. The molecule has 7 atom stereocenters. The van der Waals surface area contributed by atoms with Crippen LogP contribution < -0.4 is 59.7 Å². The second kappa shape index (κ2) is 33.5. The standard InChI is InChI=1S/C51H70N16O12.C2HF3O2/c1-28(2)17-37(46(75)63-35(9-5-15-56-51(53)54)50(79)67-16-6-10-41(67)49(78)58-23-42(52)71)62-43(72)24-59-44(73)38(18-29-11-13-32(70)14-12-29)64-48(77)40(25-68)66-47(76)39(19-30-21-57-34-8-4-3-7-33(30)34)65-45(74)36(61-27-69)20-31-22-55-26-60-31;3-2(4,5)1(6)7/h3-4,7-8,11-14,21-22,26-28,35-41,57,68,70H,5-6,9-10,15-20,23-25H2,1-2H3,(H2,52,71)(H,55,60)(H,58,78)(H,59,73)(H,61,69)(H,62,72)(H,63,75)(H,64,77)(H,65,74)(H,66,76)(H4,53,54,56);(H,6,7). The van der Waals surface area contributed by atoms with Gasteiger partial charge in [0, 0.05) is 61.3 Å². The van der Waals surface area contributed by atoms with E-state index in [2.05, 4.69) is 62.5 Å². The average Bonchev–Trinajstić information content (AvgIpc) is 3.99. The zero-order valence-electron chi connectivity index (χ0n) is 46.8. The maximum atomic E-state index is 14.2. The summed E-state index contributed by atoms with van der Waals surface area (Å²) in [6, 6.07) is 3.68. The molecule has 0 saturated carbocycles. The Bertz CT molecular complexity index is 3010. The first-order valence-corrected chi connectivity index (χ1v) is 26.8. The van der Waals surface area contributed by atoms with Crippen LogP contribution in [0, 0.1) is 5.92 Å². The molecule has 1 saturated heterocycles. The summed E-state index contributed by atoms with van der Waals surface area (Å²) in [7, 11) is 0. The van der Waals surface area contributed by atoms with Crippen LogP contribution in [0.1, 0.15) is 62.8 Å². The van der Waals surface area contributed by atoms with Gasteiger partial charge in [0.05, 0.1) is 26.0 Å². The van der Waals surface area contributed by atoms with E-state index in [1.54, 1.807) is 38.2 Å². The number of carboxylic acids is 1. The van der Waals surface area contributed by atoms with Gasteiger partial charge in [0.2, 0.25) is 59.6 Å². The number of hydrogen-bond donors (Lipinski definition) is 16. The summed E-state index contributed by atoms with van der Waals surface area (Å²) in [4.78, 5) is 158. The van der Waals surface area contributed by atoms with Crippen LogP contribution in [0.25, 0.3) is 10.9 Å². The Morgan fingerprint density at radius 2 is 1.40 bits per heavy atom. The summed E-state index contributed by atoms with van der Waals surface area (Å²) in [5, 5.41) is 48.6. The molecule has 1 aliphatic heterocycles. The number of likely N-dealkylation sites (tertiary alicyclic amines) is 1. The number of benzene rings is 2. The first-order chi connectivity index (χ1) is 40.7. The summed E-state index contributed by atoms with van der Waals surface area (Å²) < 4.78 is 31.7. The van der Waals surface area contributed by atoms with Gasteiger partial charge in [-0.15, -0.1) is 0 Å². The van der Waals surface area contributed by atoms with Crippen molar-refractivity contribution in [2.45, 2.75) is 114 Å². The first-order valence-electron chi connectivity index (χ1n) is 26.8. The van der Waals surface area contributed by atoms with Gasteiger partial charge < -0.3 is 89.9 Å². The van der Waals surface area contributed by atoms with Gasteiger partial charge in [0.25, 0.3) is 0 Å². The van der Waals surface area contributed by atoms with Crippen molar-refractivity contribution in [3.05, 3.63) is 84.1 Å². The van der Waals surface area contributed by atoms with Crippen LogP contribution in [-0.4, -0.2) is 188 Å². The number of alkyl halides is 3. The van der Waals surface area contributed by atoms with Crippen molar-refractivity contribution in [1.29, 1.82) is 0 Å². The molecule has 4 aromatic rings. The number of imidazole rings is 1. The number of aliphatic hydroxyl groups excluding tert-OH is 1. The predicted octanol–water partition coefficient (Wildman–Crippen LogP) is -3.40. The molecule has 10 amide bonds. The number of aromatic nitrogens is 3. The Labute approximate surface area is 489 Å². The highest BCUT2D eigenvalue weighted by Gasteiger charge is 2.40. The van der Waals surface area contributed by atoms with Gasteiger partial charge in [0.15, 0.2) is 5.96 Å². The topological polar surface area (TPSA) is 483 Å². The molecule has 30 nitrogen and oxygen atoms in total. The molecule has 1 fully saturated rings. The zero-order chi connectivity index (χ0) is 63.7. The minimum atomic E-state index is -5.08. The fraction of sp³-hybridized carbons (Fsp3) is 0.453. The number of carboxylic acid groups (broad SMARTS) is 1. The molecule has 0 radical (unpaired) electrons. The van der Waals surface area contributed by atoms with E-state index in [1.807, 2.05) is 6.07 Å². The monoisotopic (exact) mass is 1210 g/mol. The largest absolute Gasteiger partial charge is 0.508 e. The van der Waals surface area contributed by atoms with Crippen LogP contribution in [0.5, 0.6) is 5.75 Å². The minimum Gasteiger partial charge on any atom is -0.508 e. The maximum absolute atomic E-state index is 14.2. The van der Waals surface area contributed by atoms with Crippen LogP contribution in [-0.2, 0) is 72.0 Å². The number of aliphatic carboxylic acids is 1. The molecule has 468 valence electrons. The number of hydrogen-bond acceptors (Lipinski definition) is 15. The summed E-state index contributed by atoms with van der Waals surface area (Å²) in [6.07, 6.45) is 0.442. The van der Waals surface area contributed by atoms with Gasteiger partial charge in [-0.05, 0) is 67.3 Å². The van der Waals surface area contributed by atoms with Crippen molar-refractivity contribution < 1.29 is 81.2 Å². The number of aliphatic hydroxyl groups is 1. The van der Waals surface area contributed by atoms with Gasteiger partial charge in [-0.3, -0.25) is 52.9 Å². The number of para-hydroxylation sites is 1. The second-order valence-electron chi connectivity index (χ2n) is 20.1. The molecule has 1 aliphatic rings. The SMILES string of the molecule is CC(C)CC(NC(=O)CNC(=O)C(Cc1ccc(O)cc1)NC(=O)C(CO)NC(=O)C(Cc1c[nH]c2ccccc12)NC(=O)C(Cc1cnc[nH]1)NC=O)C(=O)NC(CCCN=C(N)N)C(=O)N1CCCC1C(=O)NCC(N)=O.O=C(O)C(F)(F)F. The minimum absolute atomic E-state index is 0.0219. The molecule has 7 unspecified atom stereocenters. The second-order valence-corrected chi connectivity index (χ2v) is 20.1. The van der Waals surface area contributed by atoms with Crippen LogP contribution in [0.3, 0.4) is 0 Å². The summed E-state index contributed by atoms with van der Waals surface area (Å²) in [5.74, 6) is -10.4. The third kappa shape index (κ3) is 22.4. The van der Waals surface area contributed by atoms with Crippen molar-refractivity contribution in [3.8, 4) is 5.75 Å². The number of halogens is 3. The number of aromatic hydroxyl groups is 1. The smallest absolute Gasteiger partial charge is 0.490 e. The lowest BCUT2D eigenvalue weighted by atomic mass is 10.0. The maximum Gasteiger partial charge on any atom is 0.490 e. The van der Waals surface area contributed by atoms with E-state index in [9.17, 15) is 71.3 Å². The van der Waals surface area contributed by atoms with E-state index in [4.69, 9.17) is 27.1 Å². The van der Waals surface area contributed by atoms with E-state index in [0.29, 0.717) is 29.7 Å². The Kier molecular flexibility index (Phi) is 26.7. The summed E-state index contributed by atoms with van der Waals surface area (Å²) in [5.41, 5.74) is 18.4. The normalized spacial score (nSPS) is 14.9. The summed E-state index contributed by atoms with van der Waals surface area (Å²) in [6.45, 7) is 1.70. The lowest BCUT2D eigenvalue weighted by Crippen LogP contribution is -2.60. The molecule has 2 aromatic carbocycles. The van der Waals surface area contributed by atoms with Crippen molar-refractivity contribution in [2.75, 3.05) is 32.8 Å². The molecule has 0 spiro atoms. The van der Waals surface area contributed by atoms with E-state index in [0.717, 1.165) is 10.9 Å². The number of aromatic amines is 2. The number of fused-ring (bicyclic) bond motifs is 1. The number of aliphatic imine (C=N–C) groups is 1. The number of primary amides is 1. The quantitative estimate of drug-likeness (QED) is 0.0101. The highest BCUT2D eigenvalue weighted by molar-refractivity contribution is 5.98. The van der Waals surface area contributed by atoms with Crippen LogP contribution in [0.15, 0.2) is 72.2 Å². The molecule has 0 aliphatic carbocycles. The lowest BCUT2D eigenvalue weighted by molar-refractivity contribution is -0.192. The van der Waals surface area contributed by atoms with Gasteiger partial charge >= 0.3 is 12.1 Å². The summed E-state index contributed by atoms with van der Waals surface area (Å²) >= 11 is 0. The van der Waals surface area contributed by atoms with E-state index >= 15 is 0 Å². The molecule has 2 aromatic heterocycles. The van der Waals surface area contributed by atoms with Crippen LogP contribution >= 0.6 is 0 Å². The Balaban J connectivity index is 0.00000212. The number of nitrogens with one attached hydrogen (secondary N) is 10. The molecule has 5 rings (SSSR count). The molecule has 3 heterocycles. The number of amides is 10. The third-order valence-corrected chi connectivity index (χ3v) is 13.0. The molecular weight excluding hydrogens is 1140 g/mol. The number of nitrogens with zero attached hydrogens (tertiary/aromatic N) is 3. The van der Waals surface area contributed by atoms with Crippen LogP contribution in [0.4, 0.5) is 13.2 Å². The first kappa shape index (κ1) is 68.7. The Morgan fingerprint density at radius 3 is 2.00 bits per heavy atom.